The van der Waals surface area contributed by atoms with Gasteiger partial charge in [0.25, 0.3) is 0 Å². The summed E-state index contributed by atoms with van der Waals surface area (Å²) < 4.78 is 4.43. The first-order valence-corrected chi connectivity index (χ1v) is 5.80. The number of hydrogen-bond donors (Lipinski definition) is 0. The number of aromatic nitrogens is 2. The summed E-state index contributed by atoms with van der Waals surface area (Å²) in [5.74, 6) is 0. The zero-order chi connectivity index (χ0) is 12.2. The molecule has 0 saturated carbocycles. The molecule has 17 heavy (non-hydrogen) atoms. The van der Waals surface area contributed by atoms with Gasteiger partial charge in [0.15, 0.2) is 0 Å². The second kappa shape index (κ2) is 3.29. The Morgan fingerprint density at radius 3 is 2.47 bits per heavy atom. The lowest BCUT2D eigenvalue weighted by Gasteiger charge is -2.12. The maximum atomic E-state index is 2.26. The number of hydrogen-bond acceptors (Lipinski definition) is 1. The molecule has 3 heteroatoms. The van der Waals surface area contributed by atoms with Gasteiger partial charge in [-0.3, -0.25) is 0 Å². The molecular weight excluding hydrogens is 210 g/mol. The van der Waals surface area contributed by atoms with Crippen LogP contribution < -0.4 is 4.90 Å². The van der Waals surface area contributed by atoms with Gasteiger partial charge in [-0.25, -0.2) is 0 Å². The van der Waals surface area contributed by atoms with E-state index >= 15 is 0 Å². The molecule has 0 radical (unpaired) electrons. The molecule has 0 spiro atoms. The van der Waals surface area contributed by atoms with Gasteiger partial charge in [0.05, 0.1) is 5.52 Å². The molecule has 0 fully saturated rings. The SMILES string of the molecule is CN(C)c1ccc2c(c1)c1ccn(C)c1n2C. The zero-order valence-corrected chi connectivity index (χ0v) is 10.7. The first-order valence-electron chi connectivity index (χ1n) is 5.80. The summed E-state index contributed by atoms with van der Waals surface area (Å²) in [5, 5.41) is 2.66. The van der Waals surface area contributed by atoms with Gasteiger partial charge in [0.2, 0.25) is 0 Å². The predicted octanol–water partition coefficient (Wildman–Crippen LogP) is 2.74. The summed E-state index contributed by atoms with van der Waals surface area (Å²) in [7, 11) is 8.37. The van der Waals surface area contributed by atoms with E-state index in [1.165, 1.54) is 27.6 Å². The molecule has 0 bridgehead atoms. The molecule has 2 heterocycles. The summed E-state index contributed by atoms with van der Waals surface area (Å²) in [6.45, 7) is 0. The van der Waals surface area contributed by atoms with Crippen LogP contribution >= 0.6 is 0 Å². The quantitative estimate of drug-likeness (QED) is 0.623. The Labute approximate surface area is 101 Å². The van der Waals surface area contributed by atoms with Gasteiger partial charge in [0.1, 0.15) is 5.65 Å². The molecule has 3 rings (SSSR count). The fourth-order valence-electron chi connectivity index (χ4n) is 2.57. The van der Waals surface area contributed by atoms with Crippen molar-refractivity contribution in [1.29, 1.82) is 0 Å². The van der Waals surface area contributed by atoms with Crippen molar-refractivity contribution in [1.82, 2.24) is 9.13 Å². The van der Waals surface area contributed by atoms with Crippen molar-refractivity contribution in [2.24, 2.45) is 14.1 Å². The highest BCUT2D eigenvalue weighted by atomic mass is 15.1. The van der Waals surface area contributed by atoms with Crippen molar-refractivity contribution in [2.45, 2.75) is 0 Å². The third-order valence-electron chi connectivity index (χ3n) is 3.51. The van der Waals surface area contributed by atoms with Crippen molar-refractivity contribution < 1.29 is 0 Å². The van der Waals surface area contributed by atoms with Crippen LogP contribution in [0.2, 0.25) is 0 Å². The minimum absolute atomic E-state index is 1.24. The molecule has 88 valence electrons. The van der Waals surface area contributed by atoms with Crippen molar-refractivity contribution >= 4 is 27.6 Å². The normalized spacial score (nSPS) is 11.5. The Morgan fingerprint density at radius 1 is 1.00 bits per heavy atom. The summed E-state index contributed by atoms with van der Waals surface area (Å²) in [5.41, 5.74) is 3.81. The number of fused-ring (bicyclic) bond motifs is 3. The van der Waals surface area contributed by atoms with E-state index in [9.17, 15) is 0 Å². The van der Waals surface area contributed by atoms with Crippen molar-refractivity contribution in [2.75, 3.05) is 19.0 Å². The number of rotatable bonds is 1. The highest BCUT2D eigenvalue weighted by Gasteiger charge is 2.11. The molecule has 0 aliphatic heterocycles. The van der Waals surface area contributed by atoms with Gasteiger partial charge in [-0.2, -0.15) is 0 Å². The smallest absolute Gasteiger partial charge is 0.120 e. The Morgan fingerprint density at radius 2 is 1.76 bits per heavy atom. The lowest BCUT2D eigenvalue weighted by Crippen LogP contribution is -2.08. The summed E-state index contributed by atoms with van der Waals surface area (Å²) in [4.78, 5) is 2.14. The van der Waals surface area contributed by atoms with Crippen LogP contribution in [0.25, 0.3) is 21.9 Å². The Balaban J connectivity index is 2.46. The molecule has 0 unspecified atom stereocenters. The van der Waals surface area contributed by atoms with Crippen molar-refractivity contribution in [3.05, 3.63) is 30.5 Å². The maximum absolute atomic E-state index is 2.26. The molecule has 0 saturated heterocycles. The van der Waals surface area contributed by atoms with Crippen LogP contribution in [0, 0.1) is 0 Å². The molecule has 2 aromatic heterocycles. The van der Waals surface area contributed by atoms with E-state index in [2.05, 4.69) is 72.7 Å². The summed E-state index contributed by atoms with van der Waals surface area (Å²) in [6, 6.07) is 8.82. The van der Waals surface area contributed by atoms with Gasteiger partial charge >= 0.3 is 0 Å². The van der Waals surface area contributed by atoms with Crippen LogP contribution in [0.15, 0.2) is 30.5 Å². The van der Waals surface area contributed by atoms with E-state index in [-0.39, 0.29) is 0 Å². The van der Waals surface area contributed by atoms with Gasteiger partial charge in [-0.05, 0) is 24.3 Å². The lowest BCUT2D eigenvalue weighted by atomic mass is 10.2. The molecule has 0 aliphatic rings. The van der Waals surface area contributed by atoms with Crippen LogP contribution in [-0.2, 0) is 14.1 Å². The third-order valence-corrected chi connectivity index (χ3v) is 3.51. The predicted molar refractivity (Wildman–Crippen MR) is 73.7 cm³/mol. The molecule has 1 aromatic carbocycles. The highest BCUT2D eigenvalue weighted by molar-refractivity contribution is 6.08. The summed E-state index contributed by atoms with van der Waals surface area (Å²) in [6.07, 6.45) is 2.12. The average Bonchev–Trinajstić information content (AvgIpc) is 2.80. The lowest BCUT2D eigenvalue weighted by molar-refractivity contribution is 0.885. The van der Waals surface area contributed by atoms with Gasteiger partial charge in [-0.15, -0.1) is 0 Å². The van der Waals surface area contributed by atoms with E-state index in [1.807, 2.05) is 0 Å². The number of aryl methyl sites for hydroxylation is 2. The van der Waals surface area contributed by atoms with E-state index in [1.54, 1.807) is 0 Å². The first-order chi connectivity index (χ1) is 8.09. The van der Waals surface area contributed by atoms with Gasteiger partial charge < -0.3 is 14.0 Å². The largest absolute Gasteiger partial charge is 0.378 e. The van der Waals surface area contributed by atoms with Gasteiger partial charge in [-0.1, -0.05) is 0 Å². The highest BCUT2D eigenvalue weighted by Crippen LogP contribution is 2.31. The Kier molecular flexibility index (Phi) is 1.99. The Bertz CT molecular complexity index is 701. The summed E-state index contributed by atoms with van der Waals surface area (Å²) >= 11 is 0. The van der Waals surface area contributed by atoms with Crippen LogP contribution in [0.4, 0.5) is 5.69 Å². The molecule has 0 amide bonds. The van der Waals surface area contributed by atoms with Crippen molar-refractivity contribution in [3.63, 3.8) is 0 Å². The number of nitrogens with zero attached hydrogens (tertiary/aromatic N) is 3. The second-order valence-electron chi connectivity index (χ2n) is 4.82. The fraction of sp³-hybridized carbons (Fsp3) is 0.286. The average molecular weight is 227 g/mol. The zero-order valence-electron chi connectivity index (χ0n) is 10.7. The monoisotopic (exact) mass is 227 g/mol. The number of anilines is 1. The van der Waals surface area contributed by atoms with Gasteiger partial charge in [0, 0.05) is 50.8 Å². The first kappa shape index (κ1) is 10.3. The minimum atomic E-state index is 1.24. The Hall–Kier alpha value is -1.90. The maximum Gasteiger partial charge on any atom is 0.120 e. The molecule has 0 atom stereocenters. The fourth-order valence-corrected chi connectivity index (χ4v) is 2.57. The topological polar surface area (TPSA) is 13.1 Å². The van der Waals surface area contributed by atoms with Crippen LogP contribution in [0.1, 0.15) is 0 Å². The second-order valence-corrected chi connectivity index (χ2v) is 4.82. The molecule has 0 aliphatic carbocycles. The molecule has 0 N–H and O–H groups in total. The van der Waals surface area contributed by atoms with E-state index in [0.29, 0.717) is 0 Å². The van der Waals surface area contributed by atoms with Crippen LogP contribution in [-0.4, -0.2) is 23.2 Å². The van der Waals surface area contributed by atoms with Crippen LogP contribution in [0.5, 0.6) is 0 Å². The minimum Gasteiger partial charge on any atom is -0.378 e. The van der Waals surface area contributed by atoms with E-state index in [4.69, 9.17) is 0 Å². The number of benzene rings is 1. The molecule has 3 nitrogen and oxygen atoms in total. The van der Waals surface area contributed by atoms with Crippen molar-refractivity contribution in [3.8, 4) is 0 Å². The molecule has 3 aromatic rings. The molecular formula is C14H17N3. The van der Waals surface area contributed by atoms with E-state index in [0.717, 1.165) is 0 Å². The third kappa shape index (κ3) is 1.28. The van der Waals surface area contributed by atoms with Crippen LogP contribution in [0.3, 0.4) is 0 Å². The van der Waals surface area contributed by atoms with E-state index < -0.39 is 0 Å². The standard InChI is InChI=1S/C14H17N3/c1-15(2)10-5-6-13-12(9-10)11-7-8-16(3)14(11)17(13)4/h5-9H,1-4H3.